The number of nitrogens with zero attached hydrogens (tertiary/aromatic N) is 3. The van der Waals surface area contributed by atoms with Gasteiger partial charge in [-0.25, -0.2) is 9.97 Å². The largest absolute Gasteiger partial charge is 0.350 e. The van der Waals surface area contributed by atoms with Crippen molar-refractivity contribution in [3.8, 4) is 0 Å². The topological polar surface area (TPSA) is 84.1 Å². The van der Waals surface area contributed by atoms with Crippen LogP contribution in [0.4, 0.5) is 5.95 Å². The summed E-state index contributed by atoms with van der Waals surface area (Å²) in [7, 11) is 0. The number of rotatable bonds is 5. The number of carbonyl (C=O) groups excluding carboxylic acids is 1. The number of hydrogen-bond donors (Lipinski definition) is 2. The van der Waals surface area contributed by atoms with Crippen molar-refractivity contribution >= 4 is 22.6 Å². The molecule has 0 unspecified atom stereocenters. The molecule has 1 aliphatic heterocycles. The van der Waals surface area contributed by atoms with Gasteiger partial charge >= 0.3 is 0 Å². The lowest BCUT2D eigenvalue weighted by atomic mass is 9.97. The molecule has 3 N–H and O–H groups in total. The van der Waals surface area contributed by atoms with Crippen LogP contribution in [0.5, 0.6) is 0 Å². The average Bonchev–Trinajstić information content (AvgIpc) is 2.77. The second-order valence-corrected chi connectivity index (χ2v) is 7.56. The van der Waals surface area contributed by atoms with E-state index in [4.69, 9.17) is 5.73 Å². The Morgan fingerprint density at radius 2 is 1.86 bits per heavy atom. The summed E-state index contributed by atoms with van der Waals surface area (Å²) in [6.07, 6.45) is 5.87. The lowest BCUT2D eigenvalue weighted by Gasteiger charge is -2.30. The Balaban J connectivity index is 1.46. The molecule has 0 bridgehead atoms. The summed E-state index contributed by atoms with van der Waals surface area (Å²) < 4.78 is 0. The number of nitrogens with two attached hydrogens (primary N) is 1. The Kier molecular flexibility index (Phi) is 5.71. The van der Waals surface area contributed by atoms with E-state index in [1.165, 1.54) is 21.9 Å². The van der Waals surface area contributed by atoms with E-state index in [0.29, 0.717) is 31.1 Å². The van der Waals surface area contributed by atoms with Gasteiger partial charge in [0.05, 0.1) is 5.56 Å². The molecule has 0 atom stereocenters. The number of likely N-dealkylation sites (tertiary alicyclic amines) is 1. The molecule has 1 saturated heterocycles. The van der Waals surface area contributed by atoms with E-state index >= 15 is 0 Å². The molecule has 1 aromatic heterocycles. The summed E-state index contributed by atoms with van der Waals surface area (Å²) in [5.74, 6) is 0.503. The first kappa shape index (κ1) is 19.3. The molecule has 1 amide bonds. The zero-order valence-corrected chi connectivity index (χ0v) is 16.8. The van der Waals surface area contributed by atoms with Gasteiger partial charge in [-0.15, -0.1) is 0 Å². The number of fused-ring (bicyclic) bond motifs is 1. The first-order valence-corrected chi connectivity index (χ1v) is 10.3. The summed E-state index contributed by atoms with van der Waals surface area (Å²) in [5.41, 5.74) is 9.01. The van der Waals surface area contributed by atoms with Gasteiger partial charge in [-0.1, -0.05) is 43.3 Å². The first-order chi connectivity index (χ1) is 14.2. The van der Waals surface area contributed by atoms with Gasteiger partial charge in [-0.2, -0.15) is 0 Å². The van der Waals surface area contributed by atoms with Crippen molar-refractivity contribution in [2.24, 2.45) is 5.73 Å². The Morgan fingerprint density at radius 1 is 1.14 bits per heavy atom. The molecular weight excluding hydrogens is 362 g/mol. The number of aromatic nitrogens is 2. The second-order valence-electron chi connectivity index (χ2n) is 7.56. The summed E-state index contributed by atoms with van der Waals surface area (Å²) in [6, 6.07) is 13.0. The molecule has 2 heterocycles. The van der Waals surface area contributed by atoms with E-state index < -0.39 is 0 Å². The van der Waals surface area contributed by atoms with Crippen LogP contribution in [-0.2, 0) is 13.0 Å². The predicted molar refractivity (Wildman–Crippen MR) is 116 cm³/mol. The fourth-order valence-electron chi connectivity index (χ4n) is 3.90. The normalized spacial score (nSPS) is 14.9. The number of hydrogen-bond acceptors (Lipinski definition) is 5. The third-order valence-electron chi connectivity index (χ3n) is 5.67. The van der Waals surface area contributed by atoms with Crippen LogP contribution < -0.4 is 11.1 Å². The lowest BCUT2D eigenvalue weighted by molar-refractivity contribution is 0.0714. The maximum atomic E-state index is 12.6. The fourth-order valence-corrected chi connectivity index (χ4v) is 3.90. The van der Waals surface area contributed by atoms with Crippen LogP contribution in [0.15, 0.2) is 48.8 Å². The number of piperidine rings is 1. The monoisotopic (exact) mass is 389 g/mol. The highest BCUT2D eigenvalue weighted by Crippen LogP contribution is 2.24. The van der Waals surface area contributed by atoms with Crippen LogP contribution in [-0.4, -0.2) is 39.9 Å². The van der Waals surface area contributed by atoms with E-state index in [1.54, 1.807) is 12.4 Å². The van der Waals surface area contributed by atoms with Crippen molar-refractivity contribution in [2.75, 3.05) is 18.4 Å². The number of benzene rings is 2. The van der Waals surface area contributed by atoms with Crippen molar-refractivity contribution < 1.29 is 4.79 Å². The SMILES string of the molecule is CCc1ccc2ccccc2c1CNc1ncc(C(=O)N2CCC(N)CC2)cn1. The van der Waals surface area contributed by atoms with Gasteiger partial charge in [0.2, 0.25) is 5.95 Å². The third-order valence-corrected chi connectivity index (χ3v) is 5.67. The fraction of sp³-hybridized carbons (Fsp3) is 0.348. The highest BCUT2D eigenvalue weighted by Gasteiger charge is 2.22. The highest BCUT2D eigenvalue weighted by atomic mass is 16.2. The van der Waals surface area contributed by atoms with Crippen LogP contribution in [0.2, 0.25) is 0 Å². The quantitative estimate of drug-likeness (QED) is 0.699. The third kappa shape index (κ3) is 4.22. The minimum absolute atomic E-state index is 0.0224. The summed E-state index contributed by atoms with van der Waals surface area (Å²) >= 11 is 0. The molecule has 6 nitrogen and oxygen atoms in total. The van der Waals surface area contributed by atoms with Gasteiger partial charge in [0.15, 0.2) is 0 Å². The Hall–Kier alpha value is -2.99. The van der Waals surface area contributed by atoms with E-state index in [-0.39, 0.29) is 11.9 Å². The van der Waals surface area contributed by atoms with Crippen LogP contribution in [0, 0.1) is 0 Å². The molecule has 3 aromatic rings. The zero-order chi connectivity index (χ0) is 20.2. The number of amides is 1. The number of anilines is 1. The van der Waals surface area contributed by atoms with Gasteiger partial charge in [-0.3, -0.25) is 4.79 Å². The smallest absolute Gasteiger partial charge is 0.256 e. The van der Waals surface area contributed by atoms with Gasteiger partial charge in [0, 0.05) is 38.1 Å². The molecular formula is C23H27N5O. The van der Waals surface area contributed by atoms with Gasteiger partial charge in [0.25, 0.3) is 5.91 Å². The molecule has 0 saturated carbocycles. The van der Waals surface area contributed by atoms with E-state index in [9.17, 15) is 4.79 Å². The lowest BCUT2D eigenvalue weighted by Crippen LogP contribution is -2.42. The van der Waals surface area contributed by atoms with Crippen molar-refractivity contribution in [2.45, 2.75) is 38.8 Å². The molecule has 4 rings (SSSR count). The first-order valence-electron chi connectivity index (χ1n) is 10.3. The number of carbonyl (C=O) groups is 1. The van der Waals surface area contributed by atoms with E-state index in [1.807, 2.05) is 4.90 Å². The van der Waals surface area contributed by atoms with E-state index in [2.05, 4.69) is 58.6 Å². The maximum absolute atomic E-state index is 12.6. The molecule has 1 fully saturated rings. The Labute approximate surface area is 171 Å². The molecule has 29 heavy (non-hydrogen) atoms. The van der Waals surface area contributed by atoms with Crippen molar-refractivity contribution in [1.82, 2.24) is 14.9 Å². The summed E-state index contributed by atoms with van der Waals surface area (Å²) in [4.78, 5) is 23.2. The predicted octanol–water partition coefficient (Wildman–Crippen LogP) is 3.37. The van der Waals surface area contributed by atoms with Crippen LogP contribution in [0.3, 0.4) is 0 Å². The van der Waals surface area contributed by atoms with Crippen molar-refractivity contribution in [1.29, 1.82) is 0 Å². The number of aryl methyl sites for hydroxylation is 1. The maximum Gasteiger partial charge on any atom is 0.256 e. The standard InChI is InChI=1S/C23H27N5O/c1-2-16-7-8-17-5-3-4-6-20(17)21(16)15-27-23-25-13-18(14-26-23)22(29)28-11-9-19(24)10-12-28/h3-8,13-14,19H,2,9-12,15,24H2,1H3,(H,25,26,27). The number of nitrogens with one attached hydrogen (secondary N) is 1. The highest BCUT2D eigenvalue weighted by molar-refractivity contribution is 5.93. The van der Waals surface area contributed by atoms with Gasteiger partial charge in [0.1, 0.15) is 0 Å². The van der Waals surface area contributed by atoms with E-state index in [0.717, 1.165) is 19.3 Å². The Morgan fingerprint density at radius 3 is 2.59 bits per heavy atom. The molecule has 0 radical (unpaired) electrons. The van der Waals surface area contributed by atoms with Crippen LogP contribution in [0.25, 0.3) is 10.8 Å². The van der Waals surface area contributed by atoms with Crippen molar-refractivity contribution in [3.63, 3.8) is 0 Å². The molecule has 1 aliphatic rings. The van der Waals surface area contributed by atoms with Crippen molar-refractivity contribution in [3.05, 3.63) is 65.5 Å². The van der Waals surface area contributed by atoms with Crippen LogP contribution in [0.1, 0.15) is 41.3 Å². The summed E-state index contributed by atoms with van der Waals surface area (Å²) in [6.45, 7) is 4.20. The molecule has 2 aromatic carbocycles. The molecule has 0 spiro atoms. The Bertz CT molecular complexity index is 994. The zero-order valence-electron chi connectivity index (χ0n) is 16.8. The molecule has 150 valence electrons. The molecule has 0 aliphatic carbocycles. The van der Waals surface area contributed by atoms with Gasteiger partial charge in [-0.05, 0) is 41.2 Å². The second kappa shape index (κ2) is 8.57. The van der Waals surface area contributed by atoms with Crippen LogP contribution >= 0.6 is 0 Å². The minimum atomic E-state index is -0.0224. The van der Waals surface area contributed by atoms with Gasteiger partial charge < -0.3 is 16.0 Å². The summed E-state index contributed by atoms with van der Waals surface area (Å²) in [5, 5.41) is 5.79. The minimum Gasteiger partial charge on any atom is -0.350 e. The molecule has 6 heteroatoms. The average molecular weight is 390 g/mol.